The van der Waals surface area contributed by atoms with Crippen molar-refractivity contribution in [3.05, 3.63) is 41.5 Å². The fraction of sp³-hybridized carbons (Fsp3) is 0.545. The van der Waals surface area contributed by atoms with Crippen LogP contribution < -0.4 is 10.6 Å². The lowest BCUT2D eigenvalue weighted by Gasteiger charge is -2.28. The van der Waals surface area contributed by atoms with E-state index >= 15 is 0 Å². The number of aryl methyl sites for hydroxylation is 1. The molecule has 0 saturated heterocycles. The van der Waals surface area contributed by atoms with Gasteiger partial charge in [0.05, 0.1) is 6.54 Å². The van der Waals surface area contributed by atoms with E-state index in [0.717, 1.165) is 16.7 Å². The van der Waals surface area contributed by atoms with E-state index in [1.807, 2.05) is 12.1 Å². The first-order valence-corrected chi connectivity index (χ1v) is 9.78. The molecule has 1 aromatic carbocycles. The summed E-state index contributed by atoms with van der Waals surface area (Å²) in [5, 5.41) is 17.1. The Morgan fingerprint density at radius 2 is 1.63 bits per heavy atom. The molecule has 1 aromatic rings. The van der Waals surface area contributed by atoms with Crippen LogP contribution in [0.1, 0.15) is 64.7 Å². The minimum atomic E-state index is -0.172. The fourth-order valence-electron chi connectivity index (χ4n) is 2.76. The highest BCUT2D eigenvalue weighted by molar-refractivity contribution is 7.80. The maximum atomic E-state index is 12.2. The normalized spacial score (nSPS) is 11.8. The van der Waals surface area contributed by atoms with Crippen molar-refractivity contribution in [3.63, 3.8) is 0 Å². The van der Waals surface area contributed by atoms with Gasteiger partial charge in [-0.05, 0) is 46.2 Å². The van der Waals surface area contributed by atoms with Crippen molar-refractivity contribution < 1.29 is 9.90 Å². The Morgan fingerprint density at radius 1 is 1.11 bits per heavy atom. The zero-order chi connectivity index (χ0) is 20.8. The van der Waals surface area contributed by atoms with Crippen molar-refractivity contribution in [1.29, 1.82) is 0 Å². The Morgan fingerprint density at radius 3 is 2.07 bits per heavy atom. The van der Waals surface area contributed by atoms with E-state index in [4.69, 9.17) is 12.2 Å². The molecule has 0 unspecified atom stereocenters. The molecular formula is C22H34N2O2S. The minimum Gasteiger partial charge on any atom is -0.507 e. The second kappa shape index (κ2) is 9.36. The van der Waals surface area contributed by atoms with Crippen LogP contribution in [0.3, 0.4) is 0 Å². The monoisotopic (exact) mass is 390 g/mol. The third kappa shape index (κ3) is 7.33. The van der Waals surface area contributed by atoms with Crippen LogP contribution in [0.5, 0.6) is 5.75 Å². The molecule has 0 heterocycles. The molecule has 0 aliphatic rings. The molecule has 0 atom stereocenters. The van der Waals surface area contributed by atoms with Gasteiger partial charge in [0.2, 0.25) is 0 Å². The van der Waals surface area contributed by atoms with Gasteiger partial charge in [-0.2, -0.15) is 0 Å². The lowest BCUT2D eigenvalue weighted by Crippen LogP contribution is -2.38. The SMILES string of the molecule is C=CCNC(=S)NCC(=O)CCc1cc(C(C)(C)C)c(O)c(C(C)(C)C)c1. The number of phenolic OH excluding ortho intramolecular Hbond substituents is 1. The van der Waals surface area contributed by atoms with Gasteiger partial charge in [0.15, 0.2) is 10.9 Å². The van der Waals surface area contributed by atoms with Gasteiger partial charge < -0.3 is 15.7 Å². The van der Waals surface area contributed by atoms with Gasteiger partial charge in [0.1, 0.15) is 5.75 Å². The molecule has 1 rings (SSSR count). The first-order valence-electron chi connectivity index (χ1n) is 9.37. The largest absolute Gasteiger partial charge is 0.507 e. The molecule has 0 aromatic heterocycles. The predicted octanol–water partition coefficient (Wildman–Crippen LogP) is 4.14. The van der Waals surface area contributed by atoms with Gasteiger partial charge in [-0.3, -0.25) is 4.79 Å². The van der Waals surface area contributed by atoms with Gasteiger partial charge in [0.25, 0.3) is 0 Å². The van der Waals surface area contributed by atoms with Crippen molar-refractivity contribution in [2.24, 2.45) is 0 Å². The Balaban J connectivity index is 2.87. The van der Waals surface area contributed by atoms with Crippen molar-refractivity contribution in [3.8, 4) is 5.75 Å². The number of Topliss-reactive ketones (excluding diaryl/α,β-unsaturated/α-hetero) is 1. The molecular weight excluding hydrogens is 356 g/mol. The molecule has 0 saturated carbocycles. The molecule has 0 radical (unpaired) electrons. The quantitative estimate of drug-likeness (QED) is 0.482. The summed E-state index contributed by atoms with van der Waals surface area (Å²) >= 11 is 5.10. The predicted molar refractivity (Wildman–Crippen MR) is 118 cm³/mol. The fourth-order valence-corrected chi connectivity index (χ4v) is 2.92. The second-order valence-electron chi connectivity index (χ2n) is 8.93. The summed E-state index contributed by atoms with van der Waals surface area (Å²) in [4.78, 5) is 12.2. The smallest absolute Gasteiger partial charge is 0.166 e. The standard InChI is InChI=1S/C22H34N2O2S/c1-8-11-23-20(27)24-14-16(25)10-9-15-12-17(21(2,3)4)19(26)18(13-15)22(5,6)7/h8,12-13,26H,1,9-11,14H2,2-7H3,(H2,23,24,27). The highest BCUT2D eigenvalue weighted by Crippen LogP contribution is 2.39. The number of hydrogen-bond acceptors (Lipinski definition) is 3. The number of aromatic hydroxyl groups is 1. The number of nitrogens with one attached hydrogen (secondary N) is 2. The lowest BCUT2D eigenvalue weighted by atomic mass is 9.78. The molecule has 3 N–H and O–H groups in total. The molecule has 5 heteroatoms. The maximum absolute atomic E-state index is 12.2. The van der Waals surface area contributed by atoms with E-state index in [0.29, 0.717) is 30.2 Å². The first-order chi connectivity index (χ1) is 12.4. The zero-order valence-electron chi connectivity index (χ0n) is 17.5. The highest BCUT2D eigenvalue weighted by atomic mass is 32.1. The summed E-state index contributed by atoms with van der Waals surface area (Å²) in [6.45, 7) is 16.9. The third-order valence-corrected chi connectivity index (χ3v) is 4.62. The van der Waals surface area contributed by atoms with Crippen LogP contribution in [0, 0.1) is 0 Å². The summed E-state index contributed by atoms with van der Waals surface area (Å²) in [6.07, 6.45) is 2.77. The van der Waals surface area contributed by atoms with Crippen LogP contribution in [0.25, 0.3) is 0 Å². The summed E-state index contributed by atoms with van der Waals surface area (Å²) in [7, 11) is 0. The summed E-state index contributed by atoms with van der Waals surface area (Å²) in [5.74, 6) is 0.464. The Labute approximate surface area is 169 Å². The average Bonchev–Trinajstić information content (AvgIpc) is 2.54. The molecule has 0 bridgehead atoms. The second-order valence-corrected chi connectivity index (χ2v) is 9.34. The molecule has 0 aliphatic heterocycles. The summed E-state index contributed by atoms with van der Waals surface area (Å²) in [5.41, 5.74) is 2.57. The van der Waals surface area contributed by atoms with Crippen LogP contribution in [-0.4, -0.2) is 29.1 Å². The highest BCUT2D eigenvalue weighted by Gasteiger charge is 2.26. The van der Waals surface area contributed by atoms with Gasteiger partial charge in [-0.15, -0.1) is 6.58 Å². The lowest BCUT2D eigenvalue weighted by molar-refractivity contribution is -0.118. The van der Waals surface area contributed by atoms with Crippen LogP contribution in [0.4, 0.5) is 0 Å². The number of carbonyl (C=O) groups is 1. The van der Waals surface area contributed by atoms with Crippen LogP contribution in [-0.2, 0) is 22.0 Å². The Bertz CT molecular complexity index is 662. The number of ketones is 1. The molecule has 0 amide bonds. The van der Waals surface area contributed by atoms with Crippen LogP contribution >= 0.6 is 12.2 Å². The van der Waals surface area contributed by atoms with Crippen molar-refractivity contribution in [2.45, 2.75) is 65.2 Å². The minimum absolute atomic E-state index is 0.0976. The topological polar surface area (TPSA) is 61.4 Å². The number of carbonyl (C=O) groups excluding carboxylic acids is 1. The molecule has 150 valence electrons. The first kappa shape index (κ1) is 23.2. The molecule has 0 spiro atoms. The Kier molecular flexibility index (Phi) is 8.03. The van der Waals surface area contributed by atoms with E-state index in [1.165, 1.54) is 0 Å². The van der Waals surface area contributed by atoms with E-state index in [-0.39, 0.29) is 23.2 Å². The molecule has 0 fully saturated rings. The average molecular weight is 391 g/mol. The molecule has 4 nitrogen and oxygen atoms in total. The van der Waals surface area contributed by atoms with E-state index in [1.54, 1.807) is 6.08 Å². The van der Waals surface area contributed by atoms with Crippen molar-refractivity contribution in [2.75, 3.05) is 13.1 Å². The Hall–Kier alpha value is -1.88. The number of benzene rings is 1. The van der Waals surface area contributed by atoms with Gasteiger partial charge in [0, 0.05) is 13.0 Å². The molecule has 27 heavy (non-hydrogen) atoms. The summed E-state index contributed by atoms with van der Waals surface area (Å²) < 4.78 is 0. The number of rotatable bonds is 7. The van der Waals surface area contributed by atoms with Crippen LogP contribution in [0.15, 0.2) is 24.8 Å². The summed E-state index contributed by atoms with van der Waals surface area (Å²) in [6, 6.07) is 4.06. The number of thiocarbonyl (C=S) groups is 1. The van der Waals surface area contributed by atoms with E-state index in [2.05, 4.69) is 58.8 Å². The van der Waals surface area contributed by atoms with Gasteiger partial charge >= 0.3 is 0 Å². The van der Waals surface area contributed by atoms with Gasteiger partial charge in [-0.1, -0.05) is 59.8 Å². The maximum Gasteiger partial charge on any atom is 0.166 e. The van der Waals surface area contributed by atoms with Gasteiger partial charge in [-0.25, -0.2) is 0 Å². The van der Waals surface area contributed by atoms with Crippen molar-refractivity contribution >= 4 is 23.1 Å². The van der Waals surface area contributed by atoms with E-state index < -0.39 is 0 Å². The number of phenols is 1. The molecule has 0 aliphatic carbocycles. The van der Waals surface area contributed by atoms with E-state index in [9.17, 15) is 9.90 Å². The van der Waals surface area contributed by atoms with Crippen LogP contribution in [0.2, 0.25) is 0 Å². The zero-order valence-corrected chi connectivity index (χ0v) is 18.3. The number of hydrogen-bond donors (Lipinski definition) is 3. The third-order valence-electron chi connectivity index (χ3n) is 4.33. The van der Waals surface area contributed by atoms with Crippen molar-refractivity contribution in [1.82, 2.24) is 10.6 Å².